The second-order valence-corrected chi connectivity index (χ2v) is 6.27. The second-order valence-electron chi connectivity index (χ2n) is 6.27. The number of carboxylic acids is 1. The summed E-state index contributed by atoms with van der Waals surface area (Å²) in [6, 6.07) is 12.0. The summed E-state index contributed by atoms with van der Waals surface area (Å²) in [7, 11) is 0. The molecule has 0 aromatic heterocycles. The Morgan fingerprint density at radius 3 is 2.35 bits per heavy atom. The molecule has 0 spiro atoms. The third kappa shape index (κ3) is 5.02. The predicted molar refractivity (Wildman–Crippen MR) is 97.6 cm³/mol. The lowest BCUT2D eigenvalue weighted by Gasteiger charge is -2.18. The van der Waals surface area contributed by atoms with Crippen molar-refractivity contribution in [1.29, 1.82) is 0 Å². The van der Waals surface area contributed by atoms with E-state index in [-0.39, 0.29) is 24.5 Å². The van der Waals surface area contributed by atoms with Crippen molar-refractivity contribution in [3.8, 4) is 0 Å². The topological polar surface area (TPSA) is 80.7 Å². The van der Waals surface area contributed by atoms with Gasteiger partial charge in [-0.1, -0.05) is 23.8 Å². The molecule has 0 aliphatic carbocycles. The summed E-state index contributed by atoms with van der Waals surface area (Å²) in [4.78, 5) is 34.3. The summed E-state index contributed by atoms with van der Waals surface area (Å²) in [5.74, 6) is -1.62. The van der Waals surface area contributed by atoms with Crippen molar-refractivity contribution in [3.05, 3.63) is 70.3 Å². The Hall–Kier alpha value is -2.95. The number of carbonyl (C=O) groups excluding carboxylic acids is 2. The lowest BCUT2D eigenvalue weighted by atomic mass is 9.89. The van der Waals surface area contributed by atoms with Crippen LogP contribution >= 0.6 is 0 Å². The summed E-state index contributed by atoms with van der Waals surface area (Å²) < 4.78 is 5.31. The molecule has 5 nitrogen and oxygen atoms in total. The van der Waals surface area contributed by atoms with Gasteiger partial charge in [-0.3, -0.25) is 0 Å². The van der Waals surface area contributed by atoms with Crippen LogP contribution in [0.25, 0.3) is 0 Å². The number of hydrogen-bond acceptors (Lipinski definition) is 4. The van der Waals surface area contributed by atoms with E-state index in [9.17, 15) is 14.4 Å². The van der Waals surface area contributed by atoms with Crippen molar-refractivity contribution in [2.24, 2.45) is 0 Å². The number of carboxylic acid groups (broad SMARTS) is 1. The molecule has 1 unspecified atom stereocenters. The summed E-state index contributed by atoms with van der Waals surface area (Å²) in [5.41, 5.74) is 3.42. The quantitative estimate of drug-likeness (QED) is 0.574. The molecule has 0 amide bonds. The van der Waals surface area contributed by atoms with Gasteiger partial charge >= 0.3 is 11.9 Å². The van der Waals surface area contributed by atoms with Gasteiger partial charge in [0.25, 0.3) is 0 Å². The molecule has 0 heterocycles. The smallest absolute Gasteiger partial charge is 0.338 e. The monoisotopic (exact) mass is 354 g/mol. The Balaban J connectivity index is 2.05. The predicted octanol–water partition coefficient (Wildman–Crippen LogP) is 3.92. The summed E-state index contributed by atoms with van der Waals surface area (Å²) in [5, 5.41) is 9.17. The fraction of sp³-hybridized carbons (Fsp3) is 0.286. The lowest BCUT2D eigenvalue weighted by Crippen LogP contribution is -2.11. The van der Waals surface area contributed by atoms with E-state index >= 15 is 0 Å². The molecule has 1 N–H and O–H groups in total. The fourth-order valence-electron chi connectivity index (χ4n) is 2.80. The normalized spacial score (nSPS) is 11.6. The average Bonchev–Trinajstić information content (AvgIpc) is 2.61. The molecule has 0 aliphatic heterocycles. The number of hydrogen-bond donors (Lipinski definition) is 1. The molecule has 0 saturated heterocycles. The Labute approximate surface area is 152 Å². The van der Waals surface area contributed by atoms with Gasteiger partial charge < -0.3 is 14.6 Å². The summed E-state index contributed by atoms with van der Waals surface area (Å²) >= 11 is 0. The molecule has 0 fully saturated rings. The number of esters is 1. The molecular formula is C21H22O5. The standard InChI is InChI=1S/C21H22O5/c1-14-3-6-17(7-4-14)21(25)26-12-10-16(9-11-22)19-13-18(20(23)24)8-5-15(19)2/h3-8,11,13,16H,9-10,12H2,1-2H3,(H,23,24). The Bertz CT molecular complexity index is 793. The second kappa shape index (κ2) is 8.94. The Morgan fingerprint density at radius 2 is 1.73 bits per heavy atom. The van der Waals surface area contributed by atoms with Crippen LogP contribution in [0.1, 0.15) is 56.2 Å². The molecule has 26 heavy (non-hydrogen) atoms. The van der Waals surface area contributed by atoms with E-state index in [1.165, 1.54) is 6.07 Å². The van der Waals surface area contributed by atoms with Crippen LogP contribution in [0.5, 0.6) is 0 Å². The van der Waals surface area contributed by atoms with Crippen molar-refractivity contribution in [1.82, 2.24) is 0 Å². The number of aromatic carboxylic acids is 1. The zero-order valence-corrected chi connectivity index (χ0v) is 14.9. The largest absolute Gasteiger partial charge is 0.478 e. The molecule has 0 radical (unpaired) electrons. The highest BCUT2D eigenvalue weighted by Gasteiger charge is 2.17. The zero-order valence-electron chi connectivity index (χ0n) is 14.9. The third-order valence-electron chi connectivity index (χ3n) is 4.33. The Kier molecular flexibility index (Phi) is 6.67. The average molecular weight is 354 g/mol. The van der Waals surface area contributed by atoms with E-state index in [1.807, 2.05) is 26.0 Å². The number of ether oxygens (including phenoxy) is 1. The first kappa shape index (κ1) is 19.4. The highest BCUT2D eigenvalue weighted by atomic mass is 16.5. The minimum absolute atomic E-state index is 0.155. The maximum absolute atomic E-state index is 12.1. The van der Waals surface area contributed by atoms with Crippen LogP contribution in [-0.2, 0) is 9.53 Å². The van der Waals surface area contributed by atoms with Gasteiger partial charge in [-0.25, -0.2) is 9.59 Å². The molecule has 0 bridgehead atoms. The molecule has 2 rings (SSSR count). The van der Waals surface area contributed by atoms with Crippen LogP contribution in [0.4, 0.5) is 0 Å². The van der Waals surface area contributed by atoms with Crippen LogP contribution in [0.15, 0.2) is 42.5 Å². The molecule has 2 aromatic rings. The van der Waals surface area contributed by atoms with E-state index < -0.39 is 11.9 Å². The number of aldehydes is 1. The molecule has 2 aromatic carbocycles. The first-order chi connectivity index (χ1) is 12.4. The molecule has 0 saturated carbocycles. The molecule has 136 valence electrons. The van der Waals surface area contributed by atoms with Gasteiger partial charge in [0, 0.05) is 6.42 Å². The van der Waals surface area contributed by atoms with Gasteiger partial charge in [0.1, 0.15) is 6.29 Å². The van der Waals surface area contributed by atoms with E-state index in [0.717, 1.165) is 23.0 Å². The van der Waals surface area contributed by atoms with Crippen molar-refractivity contribution < 1.29 is 24.2 Å². The first-order valence-corrected chi connectivity index (χ1v) is 8.43. The van der Waals surface area contributed by atoms with Crippen LogP contribution in [0.3, 0.4) is 0 Å². The van der Waals surface area contributed by atoms with Gasteiger partial charge in [0.15, 0.2) is 0 Å². The SMILES string of the molecule is Cc1ccc(C(=O)OCCC(CC=O)c2cc(C(=O)O)ccc2C)cc1. The summed E-state index contributed by atoms with van der Waals surface area (Å²) in [6.45, 7) is 3.96. The minimum Gasteiger partial charge on any atom is -0.478 e. The van der Waals surface area contributed by atoms with Crippen molar-refractivity contribution in [2.75, 3.05) is 6.61 Å². The third-order valence-corrected chi connectivity index (χ3v) is 4.33. The highest BCUT2D eigenvalue weighted by molar-refractivity contribution is 5.89. The number of aryl methyl sites for hydroxylation is 2. The van der Waals surface area contributed by atoms with Gasteiger partial charge in [0.2, 0.25) is 0 Å². The van der Waals surface area contributed by atoms with Gasteiger partial charge in [-0.15, -0.1) is 0 Å². The van der Waals surface area contributed by atoms with E-state index in [1.54, 1.807) is 24.3 Å². The maximum atomic E-state index is 12.1. The molecule has 5 heteroatoms. The number of rotatable bonds is 8. The van der Waals surface area contributed by atoms with Gasteiger partial charge in [-0.2, -0.15) is 0 Å². The number of carbonyl (C=O) groups is 3. The Morgan fingerprint density at radius 1 is 1.08 bits per heavy atom. The van der Waals surface area contributed by atoms with Gasteiger partial charge in [-0.05, 0) is 61.6 Å². The van der Waals surface area contributed by atoms with Crippen LogP contribution in [0.2, 0.25) is 0 Å². The zero-order chi connectivity index (χ0) is 19.1. The van der Waals surface area contributed by atoms with E-state index in [4.69, 9.17) is 9.84 Å². The summed E-state index contributed by atoms with van der Waals surface area (Å²) in [6.07, 6.45) is 1.49. The number of benzene rings is 2. The van der Waals surface area contributed by atoms with E-state index in [2.05, 4.69) is 0 Å². The van der Waals surface area contributed by atoms with Crippen molar-refractivity contribution >= 4 is 18.2 Å². The van der Waals surface area contributed by atoms with Crippen LogP contribution in [0, 0.1) is 13.8 Å². The van der Waals surface area contributed by atoms with Gasteiger partial charge in [0.05, 0.1) is 17.7 Å². The maximum Gasteiger partial charge on any atom is 0.338 e. The van der Waals surface area contributed by atoms with Crippen molar-refractivity contribution in [3.63, 3.8) is 0 Å². The fourth-order valence-corrected chi connectivity index (χ4v) is 2.80. The highest BCUT2D eigenvalue weighted by Crippen LogP contribution is 2.27. The molecule has 0 aliphatic rings. The van der Waals surface area contributed by atoms with Crippen molar-refractivity contribution in [2.45, 2.75) is 32.6 Å². The molecular weight excluding hydrogens is 332 g/mol. The first-order valence-electron chi connectivity index (χ1n) is 8.43. The molecule has 1 atom stereocenters. The lowest BCUT2D eigenvalue weighted by molar-refractivity contribution is -0.108. The minimum atomic E-state index is -1.01. The van der Waals surface area contributed by atoms with E-state index in [0.29, 0.717) is 12.0 Å². The van der Waals surface area contributed by atoms with Crippen LogP contribution in [-0.4, -0.2) is 29.9 Å². The van der Waals surface area contributed by atoms with Crippen LogP contribution < -0.4 is 0 Å².